The standard InChI is InChI=1S/C12H17NO8S2.C10H13NO4.4H2/c1-22(16,17)20-7-5-10-3-4-12(13(14)15)9-11(10)6-8-21-23(2,18)19;12-5-3-8-1-2-10(11(14)15)7-9(8)4-6-13;;;;/h3-4,9H,5-8H2,1-2H3;1-2,7,12-13H,3-6H2;4*1H/i;;3*1+1D;1+1. The lowest BCUT2D eigenvalue weighted by molar-refractivity contribution is -0.385. The van der Waals surface area contributed by atoms with E-state index in [4.69, 9.17) is 19.1 Å². The highest BCUT2D eigenvalue weighted by atomic mass is 32.2. The zero-order valence-electron chi connectivity index (χ0n) is 26.8. The molecule has 0 aliphatic carbocycles. The van der Waals surface area contributed by atoms with Gasteiger partial charge in [-0.1, -0.05) is 12.1 Å². The minimum absolute atomic E-state index is 0. The van der Waals surface area contributed by atoms with Gasteiger partial charge in [0.2, 0.25) is 0 Å². The van der Waals surface area contributed by atoms with Gasteiger partial charge in [0.05, 0.1) is 35.6 Å². The monoisotopic (exact) mass is 593 g/mol. The van der Waals surface area contributed by atoms with Gasteiger partial charge in [0, 0.05) is 47.8 Å². The van der Waals surface area contributed by atoms with Crippen molar-refractivity contribution in [1.29, 1.82) is 0 Å². The molecule has 2 aromatic carbocycles. The summed E-state index contributed by atoms with van der Waals surface area (Å²) in [4.78, 5) is 20.3. The topological polar surface area (TPSA) is 213 Å². The molecular weight excluding hydrogens is 548 g/mol. The normalized spacial score (nSPS) is 12.1. The smallest absolute Gasteiger partial charge is 0.269 e. The van der Waals surface area contributed by atoms with Crippen molar-refractivity contribution in [3.8, 4) is 0 Å². The minimum atomic E-state index is -3.61. The molecule has 38 heavy (non-hydrogen) atoms. The maximum atomic E-state index is 10.9. The summed E-state index contributed by atoms with van der Waals surface area (Å²) in [6.45, 7) is -0.341. The molecule has 220 valence electrons. The molecule has 16 heteroatoms. The van der Waals surface area contributed by atoms with E-state index >= 15 is 0 Å². The van der Waals surface area contributed by atoms with Gasteiger partial charge in [0.1, 0.15) is 0 Å². The number of hydrogen-bond acceptors (Lipinski definition) is 12. The van der Waals surface area contributed by atoms with Crippen LogP contribution in [0.5, 0.6) is 0 Å². The second kappa shape index (κ2) is 15.4. The Morgan fingerprint density at radius 2 is 1.05 bits per heavy atom. The van der Waals surface area contributed by atoms with Crippen molar-refractivity contribution in [1.82, 2.24) is 0 Å². The first-order valence-electron chi connectivity index (χ1n) is 14.1. The van der Waals surface area contributed by atoms with Gasteiger partial charge in [-0.15, -0.1) is 0 Å². The Labute approximate surface area is 231 Å². The van der Waals surface area contributed by atoms with E-state index in [1.165, 1.54) is 30.3 Å². The molecule has 0 spiro atoms. The molecule has 0 unspecified atom stereocenters. The average Bonchev–Trinajstić information content (AvgIpc) is 2.97. The fourth-order valence-corrected chi connectivity index (χ4v) is 4.02. The Morgan fingerprint density at radius 1 is 0.711 bits per heavy atom. The van der Waals surface area contributed by atoms with Crippen LogP contribution in [0.1, 0.15) is 32.6 Å². The molecule has 0 radical (unpaired) electrons. The fourth-order valence-electron chi connectivity index (χ4n) is 3.25. The molecule has 0 aliphatic heterocycles. The molecule has 2 aromatic rings. The van der Waals surface area contributed by atoms with Crippen molar-refractivity contribution < 1.29 is 55.6 Å². The van der Waals surface area contributed by atoms with Crippen molar-refractivity contribution in [2.24, 2.45) is 0 Å². The van der Waals surface area contributed by atoms with Crippen LogP contribution in [0, 0.1) is 20.2 Å². The van der Waals surface area contributed by atoms with Gasteiger partial charge in [0.15, 0.2) is 0 Å². The number of nitro benzene ring substituents is 2. The summed E-state index contributed by atoms with van der Waals surface area (Å²) in [6.07, 6.45) is 2.98. The molecule has 0 aliphatic rings. The Morgan fingerprint density at radius 3 is 1.42 bits per heavy atom. The van der Waals surface area contributed by atoms with Crippen molar-refractivity contribution >= 4 is 31.6 Å². The number of non-ortho nitro benzene ring substituents is 2. The third-order valence-electron chi connectivity index (χ3n) is 4.90. The second-order valence-corrected chi connectivity index (χ2v) is 11.2. The Kier molecular flexibility index (Phi) is 11.4. The predicted octanol–water partition coefficient (Wildman–Crippen LogP) is 2.28. The van der Waals surface area contributed by atoms with Crippen LogP contribution in [0.2, 0.25) is 0 Å². The summed E-state index contributed by atoms with van der Waals surface area (Å²) >= 11 is 0. The van der Waals surface area contributed by atoms with Gasteiger partial charge >= 0.3 is 0 Å². The maximum Gasteiger partial charge on any atom is 0.269 e. The van der Waals surface area contributed by atoms with E-state index in [1.807, 2.05) is 0 Å². The second-order valence-electron chi connectivity index (χ2n) is 7.92. The maximum absolute atomic E-state index is 10.9. The lowest BCUT2D eigenvalue weighted by Crippen LogP contribution is -2.10. The summed E-state index contributed by atoms with van der Waals surface area (Å²) in [6, 6.07) is 8.56. The van der Waals surface area contributed by atoms with E-state index in [-0.39, 0.29) is 52.1 Å². The summed E-state index contributed by atoms with van der Waals surface area (Å²) in [5, 5.41) is 38.9. The average molecular weight is 594 g/mol. The molecule has 0 saturated heterocycles. The molecule has 2 N–H and O–H groups in total. The van der Waals surface area contributed by atoms with E-state index in [0.29, 0.717) is 24.0 Å². The van der Waals surface area contributed by atoms with Crippen LogP contribution in [-0.2, 0) is 54.3 Å². The lowest BCUT2D eigenvalue weighted by Gasteiger charge is -2.09. The molecule has 0 amide bonds. The van der Waals surface area contributed by atoms with Gasteiger partial charge in [0.25, 0.3) is 31.6 Å². The van der Waals surface area contributed by atoms with E-state index in [9.17, 15) is 37.1 Å². The van der Waals surface area contributed by atoms with Crippen molar-refractivity contribution in [2.75, 3.05) is 38.9 Å². The van der Waals surface area contributed by atoms with Crippen LogP contribution in [0.15, 0.2) is 36.4 Å². The third-order valence-corrected chi connectivity index (χ3v) is 6.09. The zero-order valence-corrected chi connectivity index (χ0v) is 22.4. The van der Waals surface area contributed by atoms with Crippen LogP contribution in [0.4, 0.5) is 11.4 Å². The molecule has 2 rings (SSSR count). The molecule has 0 aromatic heterocycles. The van der Waals surface area contributed by atoms with Crippen LogP contribution in [0.25, 0.3) is 0 Å². The number of hydrogen-bond donors (Lipinski definition) is 2. The first-order chi connectivity index (χ1) is 20.7. The quantitative estimate of drug-likeness (QED) is 0.183. The lowest BCUT2D eigenvalue weighted by atomic mass is 10.0. The molecule has 14 nitrogen and oxygen atoms in total. The SMILES string of the molecule is CS(=O)(=O)OCCc1ccc([N+](=O)[O-])cc1CCOS(C)(=O)=O.O=[N+]([O-])c1ccc(CCO)c(CCO)c1.[2HH].[2H][2H].[2H][2H].[2H][2H]. The van der Waals surface area contributed by atoms with E-state index in [2.05, 4.69) is 8.37 Å². The largest absolute Gasteiger partial charge is 0.396 e. The third kappa shape index (κ3) is 13.0. The van der Waals surface area contributed by atoms with E-state index in [1.54, 1.807) is 6.07 Å². The van der Waals surface area contributed by atoms with Gasteiger partial charge in [-0.3, -0.25) is 28.6 Å². The Balaban J connectivity index is -0.000000331. The minimum Gasteiger partial charge on any atom is -0.396 e. The Bertz CT molecular complexity index is 1340. The molecule has 0 atom stereocenters. The van der Waals surface area contributed by atoms with E-state index in [0.717, 1.165) is 23.6 Å². The van der Waals surface area contributed by atoms with Crippen LogP contribution >= 0.6 is 0 Å². The van der Waals surface area contributed by atoms with Gasteiger partial charge in [-0.2, -0.15) is 16.8 Å². The van der Waals surface area contributed by atoms with Gasteiger partial charge in [-0.05, 0) is 47.9 Å². The van der Waals surface area contributed by atoms with Crippen molar-refractivity contribution in [3.63, 3.8) is 0 Å². The fraction of sp³-hybridized carbons (Fsp3) is 0.455. The Hall–Kier alpha value is -3.02. The molecule has 0 saturated carbocycles. The number of benzene rings is 2. The highest BCUT2D eigenvalue weighted by molar-refractivity contribution is 7.86. The number of nitro groups is 2. The summed E-state index contributed by atoms with van der Waals surface area (Å²) in [5.74, 6) is 0. The number of aliphatic hydroxyl groups is 2. The van der Waals surface area contributed by atoms with Crippen LogP contribution in [-0.4, -0.2) is 75.8 Å². The van der Waals surface area contributed by atoms with E-state index < -0.39 is 30.1 Å². The first kappa shape index (κ1) is 28.0. The summed E-state index contributed by atoms with van der Waals surface area (Å²) < 4.78 is 83.0. The van der Waals surface area contributed by atoms with Crippen LogP contribution < -0.4 is 0 Å². The molecule has 0 heterocycles. The first-order valence-corrected chi connectivity index (χ1v) is 14.7. The summed E-state index contributed by atoms with van der Waals surface area (Å²) in [7, 11) is -7.19. The molecule has 0 bridgehead atoms. The summed E-state index contributed by atoms with van der Waals surface area (Å²) in [5.41, 5.74) is 2.56. The number of rotatable bonds is 14. The highest BCUT2D eigenvalue weighted by Gasteiger charge is 2.13. The van der Waals surface area contributed by atoms with Crippen LogP contribution in [0.3, 0.4) is 0 Å². The predicted molar refractivity (Wildman–Crippen MR) is 145 cm³/mol. The number of aliphatic hydroxyl groups excluding tert-OH is 2. The highest BCUT2D eigenvalue weighted by Crippen LogP contribution is 2.20. The van der Waals surface area contributed by atoms with Crippen molar-refractivity contribution in [3.05, 3.63) is 78.9 Å². The van der Waals surface area contributed by atoms with Crippen molar-refractivity contribution in [2.45, 2.75) is 25.7 Å². The molecular formula is C22H38N2O12S2. The van der Waals surface area contributed by atoms with Gasteiger partial charge in [-0.25, -0.2) is 0 Å². The number of nitrogens with zero attached hydrogens (tertiary/aromatic N) is 2. The zero-order chi connectivity index (χ0) is 34.9. The molecule has 0 fully saturated rings. The van der Waals surface area contributed by atoms with Gasteiger partial charge < -0.3 is 10.2 Å².